The number of rotatable bonds is 3. The van der Waals surface area contributed by atoms with Gasteiger partial charge in [-0.2, -0.15) is 0 Å². The van der Waals surface area contributed by atoms with Crippen molar-refractivity contribution in [3.05, 3.63) is 67.9 Å². The van der Waals surface area contributed by atoms with Crippen LogP contribution in [0.3, 0.4) is 0 Å². The fraction of sp³-hybridized carbons (Fsp3) is 0.348. The smallest absolute Gasteiger partial charge is 0.330 e. The molecule has 6 rings (SSSR count). The minimum atomic E-state index is -0.501. The number of likely N-dealkylation sites (tertiary alicyclic amines) is 1. The first-order valence-electron chi connectivity index (χ1n) is 10.9. The molecule has 162 valence electrons. The van der Waals surface area contributed by atoms with Crippen molar-refractivity contribution in [1.82, 2.24) is 24.4 Å². The molecule has 1 N–H and O–H groups in total. The number of piperidine rings is 1. The number of nitrogens with zero attached hydrogens (tertiary/aromatic N) is 4. The number of H-pyrrole nitrogens is 1. The highest BCUT2D eigenvalue weighted by Gasteiger charge is 2.29. The Bertz CT molecular complexity index is 1440. The molecule has 0 unspecified atom stereocenters. The van der Waals surface area contributed by atoms with Crippen molar-refractivity contribution in [3.8, 4) is 0 Å². The average Bonchev–Trinajstić information content (AvgIpc) is 3.55. The van der Waals surface area contributed by atoms with Gasteiger partial charge < -0.3 is 4.90 Å². The van der Waals surface area contributed by atoms with E-state index < -0.39 is 11.2 Å². The lowest BCUT2D eigenvalue weighted by Crippen LogP contribution is -2.38. The first-order chi connectivity index (χ1) is 15.6. The molecule has 2 aliphatic rings. The second kappa shape index (κ2) is 7.37. The number of nitrogens with one attached hydrogen (secondary N) is 1. The van der Waals surface area contributed by atoms with Gasteiger partial charge in [-0.15, -0.1) is 11.3 Å². The van der Waals surface area contributed by atoms with Crippen LogP contribution in [0.15, 0.2) is 46.1 Å². The van der Waals surface area contributed by atoms with Gasteiger partial charge in [0, 0.05) is 31.2 Å². The fourth-order valence-electron chi connectivity index (χ4n) is 4.50. The number of amides is 1. The summed E-state index contributed by atoms with van der Waals surface area (Å²) in [5, 5.41) is 1.42. The van der Waals surface area contributed by atoms with Crippen molar-refractivity contribution in [3.63, 3.8) is 0 Å². The number of carbonyl (C=O) groups excluding carboxylic acids is 1. The van der Waals surface area contributed by atoms with Crippen LogP contribution in [0.5, 0.6) is 0 Å². The van der Waals surface area contributed by atoms with Crippen LogP contribution < -0.4 is 11.2 Å². The van der Waals surface area contributed by atoms with Gasteiger partial charge in [0.15, 0.2) is 0 Å². The van der Waals surface area contributed by atoms with E-state index in [0.29, 0.717) is 30.2 Å². The molecule has 1 aliphatic heterocycles. The van der Waals surface area contributed by atoms with Crippen LogP contribution in [-0.4, -0.2) is 43.4 Å². The summed E-state index contributed by atoms with van der Waals surface area (Å²) in [5.74, 6) is 0.215. The summed E-state index contributed by atoms with van der Waals surface area (Å²) in [5.41, 5.74) is 0.824. The summed E-state index contributed by atoms with van der Waals surface area (Å²) >= 11 is 1.73. The lowest BCUT2D eigenvalue weighted by atomic mass is 9.97. The molecule has 0 spiro atoms. The lowest BCUT2D eigenvalue weighted by molar-refractivity contribution is 0.0712. The van der Waals surface area contributed by atoms with E-state index in [-0.39, 0.29) is 17.3 Å². The van der Waals surface area contributed by atoms with Gasteiger partial charge in [0.1, 0.15) is 5.65 Å². The van der Waals surface area contributed by atoms with E-state index in [1.54, 1.807) is 17.4 Å². The number of benzene rings is 1. The van der Waals surface area contributed by atoms with Crippen molar-refractivity contribution in [1.29, 1.82) is 0 Å². The predicted molar refractivity (Wildman–Crippen MR) is 122 cm³/mol. The maximum Gasteiger partial charge on any atom is 0.330 e. The SMILES string of the molecule is O=C(c1cnc2c(c1)c(=O)[nH]c(=O)n2C1CC1)N1CCC(c2nc3ccccc3s2)CC1. The van der Waals surface area contributed by atoms with Gasteiger partial charge in [-0.3, -0.25) is 19.1 Å². The molecule has 1 aliphatic carbocycles. The molecule has 1 saturated carbocycles. The quantitative estimate of drug-likeness (QED) is 0.520. The molecule has 1 saturated heterocycles. The Labute approximate surface area is 186 Å². The van der Waals surface area contributed by atoms with Gasteiger partial charge in [0.25, 0.3) is 11.5 Å². The van der Waals surface area contributed by atoms with Crippen LogP contribution in [-0.2, 0) is 0 Å². The van der Waals surface area contributed by atoms with E-state index in [1.165, 1.54) is 15.5 Å². The minimum Gasteiger partial charge on any atom is -0.339 e. The van der Waals surface area contributed by atoms with Crippen molar-refractivity contribution >= 4 is 38.5 Å². The minimum absolute atomic E-state index is 0.0810. The number of fused-ring (bicyclic) bond motifs is 2. The Morgan fingerprint density at radius 1 is 1.09 bits per heavy atom. The van der Waals surface area contributed by atoms with E-state index in [9.17, 15) is 14.4 Å². The Kier molecular flexibility index (Phi) is 4.46. The summed E-state index contributed by atoms with van der Waals surface area (Å²) in [7, 11) is 0. The standard InChI is InChI=1S/C23H21N5O3S/c29-20-16-11-14(12-24-19(16)28(15-5-6-15)23(31)26-20)22(30)27-9-7-13(8-10-27)21-25-17-3-1-2-4-18(17)32-21/h1-4,11-13,15H,5-10H2,(H,26,29,31). The third kappa shape index (κ3) is 3.24. The number of hydrogen-bond donors (Lipinski definition) is 1. The molecular formula is C23H21N5O3S. The van der Waals surface area contributed by atoms with Gasteiger partial charge in [-0.05, 0) is 43.9 Å². The van der Waals surface area contributed by atoms with Gasteiger partial charge in [0.05, 0.1) is 26.2 Å². The average molecular weight is 448 g/mol. The van der Waals surface area contributed by atoms with Crippen molar-refractivity contribution < 1.29 is 4.79 Å². The number of hydrogen-bond acceptors (Lipinski definition) is 6. The molecule has 4 heterocycles. The molecule has 0 radical (unpaired) electrons. The number of thiazole rings is 1. The molecule has 4 aromatic rings. The molecule has 32 heavy (non-hydrogen) atoms. The topological polar surface area (TPSA) is 101 Å². The number of aromatic amines is 1. The normalized spacial score (nSPS) is 17.3. The third-order valence-corrected chi connectivity index (χ3v) is 7.58. The summed E-state index contributed by atoms with van der Waals surface area (Å²) < 4.78 is 2.73. The highest BCUT2D eigenvalue weighted by atomic mass is 32.1. The second-order valence-electron chi connectivity index (χ2n) is 8.54. The molecule has 2 fully saturated rings. The lowest BCUT2D eigenvalue weighted by Gasteiger charge is -2.31. The Morgan fingerprint density at radius 2 is 1.88 bits per heavy atom. The summed E-state index contributed by atoms with van der Waals surface area (Å²) in [4.78, 5) is 51.0. The maximum absolute atomic E-state index is 13.1. The van der Waals surface area contributed by atoms with Crippen LogP contribution in [0.2, 0.25) is 0 Å². The number of carbonyl (C=O) groups is 1. The van der Waals surface area contributed by atoms with E-state index in [2.05, 4.69) is 16.0 Å². The van der Waals surface area contributed by atoms with Crippen molar-refractivity contribution in [2.45, 2.75) is 37.6 Å². The zero-order chi connectivity index (χ0) is 21.8. The Hall–Kier alpha value is -3.33. The summed E-state index contributed by atoms with van der Waals surface area (Å²) in [6, 6.07) is 9.80. The zero-order valence-electron chi connectivity index (χ0n) is 17.3. The van der Waals surface area contributed by atoms with E-state index in [1.807, 2.05) is 23.1 Å². The number of para-hydroxylation sites is 1. The monoisotopic (exact) mass is 447 g/mol. The van der Waals surface area contributed by atoms with E-state index >= 15 is 0 Å². The predicted octanol–water partition coefficient (Wildman–Crippen LogP) is 3.05. The van der Waals surface area contributed by atoms with Crippen molar-refractivity contribution in [2.24, 2.45) is 0 Å². The number of aromatic nitrogens is 4. The first-order valence-corrected chi connectivity index (χ1v) is 11.7. The molecular weight excluding hydrogens is 426 g/mol. The molecule has 1 aromatic carbocycles. The number of pyridine rings is 1. The second-order valence-corrected chi connectivity index (χ2v) is 9.60. The largest absolute Gasteiger partial charge is 0.339 e. The van der Waals surface area contributed by atoms with Gasteiger partial charge >= 0.3 is 5.69 Å². The van der Waals surface area contributed by atoms with Crippen LogP contribution in [0.4, 0.5) is 0 Å². The van der Waals surface area contributed by atoms with E-state index in [0.717, 1.165) is 36.2 Å². The van der Waals surface area contributed by atoms with Gasteiger partial charge in [-0.1, -0.05) is 12.1 Å². The fourth-order valence-corrected chi connectivity index (χ4v) is 5.64. The molecule has 1 amide bonds. The molecule has 0 atom stereocenters. The molecule has 9 heteroatoms. The maximum atomic E-state index is 13.1. The van der Waals surface area contributed by atoms with Crippen LogP contribution in [0.25, 0.3) is 21.3 Å². The van der Waals surface area contributed by atoms with Crippen LogP contribution >= 0.6 is 11.3 Å². The molecule has 8 nitrogen and oxygen atoms in total. The van der Waals surface area contributed by atoms with Gasteiger partial charge in [0.2, 0.25) is 0 Å². The third-order valence-electron chi connectivity index (χ3n) is 6.38. The van der Waals surface area contributed by atoms with Crippen LogP contribution in [0.1, 0.15) is 53.0 Å². The van der Waals surface area contributed by atoms with Crippen LogP contribution in [0, 0.1) is 0 Å². The molecule has 0 bridgehead atoms. The molecule has 3 aromatic heterocycles. The van der Waals surface area contributed by atoms with Gasteiger partial charge in [-0.25, -0.2) is 14.8 Å². The summed E-state index contributed by atoms with van der Waals surface area (Å²) in [6.45, 7) is 1.27. The highest BCUT2D eigenvalue weighted by Crippen LogP contribution is 2.35. The zero-order valence-corrected chi connectivity index (χ0v) is 18.1. The first kappa shape index (κ1) is 19.4. The van der Waals surface area contributed by atoms with E-state index in [4.69, 9.17) is 4.98 Å². The Morgan fingerprint density at radius 3 is 2.62 bits per heavy atom. The van der Waals surface area contributed by atoms with Crippen molar-refractivity contribution in [2.75, 3.05) is 13.1 Å². The highest BCUT2D eigenvalue weighted by molar-refractivity contribution is 7.18. The Balaban J connectivity index is 1.23. The summed E-state index contributed by atoms with van der Waals surface area (Å²) in [6.07, 6.45) is 4.99.